The first-order valence-electron chi connectivity index (χ1n) is 9.11. The predicted octanol–water partition coefficient (Wildman–Crippen LogP) is 1.28. The normalized spacial score (nSPS) is 15.9. The number of nitrogen functional groups attached to an aromatic ring is 1. The number of hydrogen-bond acceptors (Lipinski definition) is 7. The number of fused-ring (bicyclic) bond motifs is 1. The molecule has 8 nitrogen and oxygen atoms in total. The van der Waals surface area contributed by atoms with Gasteiger partial charge in [-0.15, -0.1) is 11.3 Å². The molecule has 1 aliphatic carbocycles. The fourth-order valence-corrected chi connectivity index (χ4v) is 4.55. The smallest absolute Gasteiger partial charge is 0.348 e. The summed E-state index contributed by atoms with van der Waals surface area (Å²) in [5.74, 6) is -0.946. The molecule has 0 saturated carbocycles. The van der Waals surface area contributed by atoms with Gasteiger partial charge in [0.25, 0.3) is 5.56 Å². The van der Waals surface area contributed by atoms with Crippen molar-refractivity contribution in [3.05, 3.63) is 47.8 Å². The van der Waals surface area contributed by atoms with E-state index >= 15 is 0 Å². The maximum Gasteiger partial charge on any atom is 0.348 e. The number of rotatable bonds is 5. The number of esters is 1. The topological polar surface area (TPSA) is 113 Å². The van der Waals surface area contributed by atoms with Crippen LogP contribution in [0, 0.1) is 5.92 Å². The molecule has 1 aliphatic rings. The van der Waals surface area contributed by atoms with Crippen molar-refractivity contribution >= 4 is 28.9 Å². The number of nitrogens with zero attached hydrogens (tertiary/aromatic N) is 2. The molecule has 2 N–H and O–H groups in total. The average Bonchev–Trinajstić information content (AvgIpc) is 3.12. The highest BCUT2D eigenvalue weighted by Crippen LogP contribution is 2.33. The van der Waals surface area contributed by atoms with Gasteiger partial charge in [-0.25, -0.2) is 9.59 Å². The van der Waals surface area contributed by atoms with Crippen molar-refractivity contribution in [3.8, 4) is 0 Å². The molecule has 0 amide bonds. The van der Waals surface area contributed by atoms with E-state index in [0.717, 1.165) is 34.8 Å². The van der Waals surface area contributed by atoms with Crippen LogP contribution in [0.4, 0.5) is 5.82 Å². The van der Waals surface area contributed by atoms with Crippen LogP contribution in [0.3, 0.4) is 0 Å². The van der Waals surface area contributed by atoms with Crippen molar-refractivity contribution in [2.24, 2.45) is 20.0 Å². The minimum atomic E-state index is -0.807. The van der Waals surface area contributed by atoms with Crippen molar-refractivity contribution in [3.63, 3.8) is 0 Å². The molecular formula is C19H23N3O5S. The molecule has 1 unspecified atom stereocenters. The number of nitrogens with two attached hydrogens (primary N) is 1. The zero-order valence-electron chi connectivity index (χ0n) is 16.1. The fourth-order valence-electron chi connectivity index (χ4n) is 3.44. The molecule has 0 aromatic carbocycles. The molecular weight excluding hydrogens is 382 g/mol. The lowest BCUT2D eigenvalue weighted by atomic mass is 9.87. The number of ether oxygens (including phenoxy) is 1. The molecule has 2 aromatic heterocycles. The molecule has 2 aromatic rings. The molecule has 9 heteroatoms. The van der Waals surface area contributed by atoms with Crippen molar-refractivity contribution in [1.29, 1.82) is 0 Å². The molecule has 3 rings (SSSR count). The standard InChI is InChI=1S/C19H23N3O5S/c1-4-10-5-6-13-11(7-10)8-14(28-13)18(25)27-9-12(23)15-16(20)21(2)19(26)22(3)17(15)24/h8,10H,4-7,9,20H2,1-3H3. The summed E-state index contributed by atoms with van der Waals surface area (Å²) in [5, 5.41) is 0. The predicted molar refractivity (Wildman–Crippen MR) is 106 cm³/mol. The number of thiophene rings is 1. The molecule has 0 aliphatic heterocycles. The number of Topliss-reactive ketones (excluding diaryl/α,β-unsaturated/α-hetero) is 1. The second-order valence-electron chi connectivity index (χ2n) is 7.04. The summed E-state index contributed by atoms with van der Waals surface area (Å²) in [6.07, 6.45) is 4.14. The average molecular weight is 405 g/mol. The van der Waals surface area contributed by atoms with Crippen LogP contribution in [0.15, 0.2) is 15.7 Å². The lowest BCUT2D eigenvalue weighted by Crippen LogP contribution is -2.42. The van der Waals surface area contributed by atoms with Crippen molar-refractivity contribution in [2.75, 3.05) is 12.3 Å². The van der Waals surface area contributed by atoms with Crippen molar-refractivity contribution < 1.29 is 14.3 Å². The Bertz CT molecular complexity index is 1060. The second-order valence-corrected chi connectivity index (χ2v) is 8.18. The third-order valence-electron chi connectivity index (χ3n) is 5.29. The van der Waals surface area contributed by atoms with Crippen LogP contribution in [0.1, 0.15) is 50.2 Å². The summed E-state index contributed by atoms with van der Waals surface area (Å²) in [4.78, 5) is 50.5. The molecule has 0 radical (unpaired) electrons. The summed E-state index contributed by atoms with van der Waals surface area (Å²) < 4.78 is 6.93. The minimum absolute atomic E-state index is 0.244. The number of carbonyl (C=O) groups is 2. The third kappa shape index (κ3) is 3.54. The minimum Gasteiger partial charge on any atom is -0.453 e. The van der Waals surface area contributed by atoms with Gasteiger partial charge in [0.15, 0.2) is 6.61 Å². The van der Waals surface area contributed by atoms with Gasteiger partial charge in [0.05, 0.1) is 0 Å². The van der Waals surface area contributed by atoms with Crippen LogP contribution in [-0.2, 0) is 31.7 Å². The number of anilines is 1. The first kappa shape index (κ1) is 20.1. The van der Waals surface area contributed by atoms with E-state index < -0.39 is 29.6 Å². The van der Waals surface area contributed by atoms with Gasteiger partial charge in [0.2, 0.25) is 5.78 Å². The highest BCUT2D eigenvalue weighted by atomic mass is 32.1. The van der Waals surface area contributed by atoms with Gasteiger partial charge in [0.1, 0.15) is 16.3 Å². The maximum absolute atomic E-state index is 12.4. The largest absolute Gasteiger partial charge is 0.453 e. The van der Waals surface area contributed by atoms with Gasteiger partial charge in [-0.3, -0.25) is 18.7 Å². The molecule has 28 heavy (non-hydrogen) atoms. The van der Waals surface area contributed by atoms with Crippen LogP contribution < -0.4 is 17.0 Å². The van der Waals surface area contributed by atoms with E-state index in [4.69, 9.17) is 10.5 Å². The fraction of sp³-hybridized carbons (Fsp3) is 0.474. The van der Waals surface area contributed by atoms with Gasteiger partial charge in [-0.2, -0.15) is 0 Å². The summed E-state index contributed by atoms with van der Waals surface area (Å²) in [6, 6.07) is 1.84. The lowest BCUT2D eigenvalue weighted by Gasteiger charge is -2.19. The summed E-state index contributed by atoms with van der Waals surface area (Å²) >= 11 is 1.39. The van der Waals surface area contributed by atoms with Gasteiger partial charge in [-0.05, 0) is 36.8 Å². The number of carbonyl (C=O) groups excluding carboxylic acids is 2. The van der Waals surface area contributed by atoms with Crippen LogP contribution >= 0.6 is 11.3 Å². The van der Waals surface area contributed by atoms with E-state index in [1.165, 1.54) is 35.9 Å². The van der Waals surface area contributed by atoms with E-state index in [1.54, 1.807) is 0 Å². The highest BCUT2D eigenvalue weighted by Gasteiger charge is 2.25. The van der Waals surface area contributed by atoms with Gasteiger partial charge in [-0.1, -0.05) is 13.3 Å². The molecule has 1 atom stereocenters. The third-order valence-corrected chi connectivity index (χ3v) is 6.50. The molecule has 150 valence electrons. The molecule has 0 saturated heterocycles. The Labute approximate surface area is 165 Å². The van der Waals surface area contributed by atoms with Crippen LogP contribution in [0.25, 0.3) is 0 Å². The number of aryl methyl sites for hydroxylation is 1. The Balaban J connectivity index is 1.74. The Kier molecular flexibility index (Phi) is 5.55. The SMILES string of the molecule is CCC1CCc2sc(C(=O)OCC(=O)c3c(N)n(C)c(=O)n(C)c3=O)cc2C1. The Morgan fingerprint density at radius 3 is 2.68 bits per heavy atom. The zero-order valence-corrected chi connectivity index (χ0v) is 16.9. The number of aromatic nitrogens is 2. The molecule has 0 bridgehead atoms. The lowest BCUT2D eigenvalue weighted by molar-refractivity contribution is 0.0479. The Morgan fingerprint density at radius 1 is 1.29 bits per heavy atom. The van der Waals surface area contributed by atoms with Crippen LogP contribution in [0.2, 0.25) is 0 Å². The quantitative estimate of drug-likeness (QED) is 0.592. The number of ketones is 1. The maximum atomic E-state index is 12.4. The van der Waals surface area contributed by atoms with Crippen LogP contribution in [0.5, 0.6) is 0 Å². The second kappa shape index (κ2) is 7.75. The van der Waals surface area contributed by atoms with E-state index in [0.29, 0.717) is 10.8 Å². The molecule has 0 fully saturated rings. The zero-order chi connectivity index (χ0) is 20.6. The van der Waals surface area contributed by atoms with Crippen LogP contribution in [-0.4, -0.2) is 27.5 Å². The summed E-state index contributed by atoms with van der Waals surface area (Å²) in [5.41, 5.74) is 5.14. The van der Waals surface area contributed by atoms with Gasteiger partial charge in [0, 0.05) is 19.0 Å². The number of hydrogen-bond donors (Lipinski definition) is 1. The van der Waals surface area contributed by atoms with E-state index in [-0.39, 0.29) is 11.4 Å². The summed E-state index contributed by atoms with van der Waals surface area (Å²) in [7, 11) is 2.62. The monoisotopic (exact) mass is 405 g/mol. The first-order chi connectivity index (χ1) is 13.2. The Morgan fingerprint density at radius 2 is 2.00 bits per heavy atom. The van der Waals surface area contributed by atoms with Gasteiger partial charge < -0.3 is 10.5 Å². The van der Waals surface area contributed by atoms with E-state index in [9.17, 15) is 19.2 Å². The van der Waals surface area contributed by atoms with Crippen molar-refractivity contribution in [1.82, 2.24) is 9.13 Å². The first-order valence-corrected chi connectivity index (χ1v) is 9.93. The Hall–Kier alpha value is -2.68. The van der Waals surface area contributed by atoms with E-state index in [1.807, 2.05) is 6.07 Å². The molecule has 0 spiro atoms. The van der Waals surface area contributed by atoms with E-state index in [2.05, 4.69) is 6.92 Å². The van der Waals surface area contributed by atoms with Gasteiger partial charge >= 0.3 is 11.7 Å². The summed E-state index contributed by atoms with van der Waals surface area (Å²) in [6.45, 7) is 1.55. The highest BCUT2D eigenvalue weighted by molar-refractivity contribution is 7.14. The van der Waals surface area contributed by atoms with Crippen molar-refractivity contribution in [2.45, 2.75) is 32.6 Å². The molecule has 2 heterocycles.